The molecule has 13 heavy (non-hydrogen) atoms. The van der Waals surface area contributed by atoms with Crippen LogP contribution in [0, 0.1) is 0 Å². The van der Waals surface area contributed by atoms with E-state index in [2.05, 4.69) is 4.98 Å². The smallest absolute Gasteiger partial charge is 0.282 e. The Morgan fingerprint density at radius 1 is 1.69 bits per heavy atom. The molecule has 1 atom stereocenters. The van der Waals surface area contributed by atoms with Crippen molar-refractivity contribution >= 4 is 28.3 Å². The molecule has 7 heteroatoms. The van der Waals surface area contributed by atoms with Gasteiger partial charge in [-0.25, -0.2) is 9.19 Å². The summed E-state index contributed by atoms with van der Waals surface area (Å²) in [7, 11) is 3.19. The monoisotopic (exact) mass is 220 g/mol. The summed E-state index contributed by atoms with van der Waals surface area (Å²) in [5.74, 6) is -0.262. The summed E-state index contributed by atoms with van der Waals surface area (Å²) in [5, 5.41) is 0.224. The summed E-state index contributed by atoms with van der Waals surface area (Å²) in [4.78, 5) is 16.4. The van der Waals surface area contributed by atoms with Crippen molar-refractivity contribution in [3.63, 3.8) is 0 Å². The molecule has 5 nitrogen and oxygen atoms in total. The molecule has 0 fully saturated rings. The summed E-state index contributed by atoms with van der Waals surface area (Å²) in [6, 6.07) is 0. The zero-order valence-corrected chi connectivity index (χ0v) is 8.68. The van der Waals surface area contributed by atoms with Crippen LogP contribution in [0.1, 0.15) is 9.80 Å². The largest absolute Gasteiger partial charge is 0.343 e. The Morgan fingerprint density at radius 3 is 2.69 bits per heavy atom. The van der Waals surface area contributed by atoms with Crippen LogP contribution >= 0.6 is 11.3 Å². The second-order valence-corrected chi connectivity index (χ2v) is 4.66. The van der Waals surface area contributed by atoms with E-state index < -0.39 is 11.1 Å². The molecule has 1 heterocycles. The lowest BCUT2D eigenvalue weighted by Crippen LogP contribution is -2.21. The standard InChI is InChI=1S/C6H8N2O3S2/c1-8(2)6(9)5-7-3-4(12-5)13(10)11/h3H,1-2H3,(H,10,11). The summed E-state index contributed by atoms with van der Waals surface area (Å²) in [6.45, 7) is 0. The molecular formula is C6H8N2O3S2. The molecule has 0 bridgehead atoms. The molecular weight excluding hydrogens is 212 g/mol. The average molecular weight is 220 g/mol. The highest BCUT2D eigenvalue weighted by Gasteiger charge is 2.14. The predicted molar refractivity (Wildman–Crippen MR) is 49.2 cm³/mol. The maximum atomic E-state index is 11.3. The molecule has 0 aliphatic carbocycles. The van der Waals surface area contributed by atoms with Crippen LogP contribution < -0.4 is 0 Å². The van der Waals surface area contributed by atoms with Crippen LogP contribution in [-0.4, -0.2) is 38.6 Å². The van der Waals surface area contributed by atoms with Crippen molar-refractivity contribution in [3.05, 3.63) is 11.2 Å². The molecule has 0 aliphatic heterocycles. The number of thiazole rings is 1. The van der Waals surface area contributed by atoms with Gasteiger partial charge in [-0.15, -0.1) is 0 Å². The normalized spacial score (nSPS) is 12.5. The second-order valence-electron chi connectivity index (χ2n) is 2.43. The number of hydrogen-bond acceptors (Lipinski definition) is 4. The third-order valence-electron chi connectivity index (χ3n) is 1.25. The lowest BCUT2D eigenvalue weighted by molar-refractivity contribution is 0.0827. The topological polar surface area (TPSA) is 70.5 Å². The van der Waals surface area contributed by atoms with Crippen molar-refractivity contribution in [1.82, 2.24) is 9.88 Å². The first-order chi connectivity index (χ1) is 6.02. The van der Waals surface area contributed by atoms with Crippen molar-refractivity contribution in [1.29, 1.82) is 0 Å². The van der Waals surface area contributed by atoms with Crippen molar-refractivity contribution in [2.24, 2.45) is 0 Å². The average Bonchev–Trinajstić information content (AvgIpc) is 2.50. The minimum absolute atomic E-state index is 0.185. The first-order valence-electron chi connectivity index (χ1n) is 3.30. The fourth-order valence-electron chi connectivity index (χ4n) is 0.630. The van der Waals surface area contributed by atoms with Gasteiger partial charge in [-0.2, -0.15) is 0 Å². The van der Waals surface area contributed by atoms with Gasteiger partial charge in [0, 0.05) is 14.1 Å². The van der Waals surface area contributed by atoms with Gasteiger partial charge in [0.15, 0.2) is 16.1 Å². The molecule has 72 valence electrons. The first-order valence-corrected chi connectivity index (χ1v) is 5.23. The highest BCUT2D eigenvalue weighted by molar-refractivity contribution is 7.81. The molecule has 0 aromatic carbocycles. The predicted octanol–water partition coefficient (Wildman–Crippen LogP) is 0.426. The molecule has 0 spiro atoms. The quantitative estimate of drug-likeness (QED) is 0.733. The highest BCUT2D eigenvalue weighted by Crippen LogP contribution is 2.16. The van der Waals surface area contributed by atoms with Gasteiger partial charge in [0.05, 0.1) is 6.20 Å². The molecule has 1 amide bonds. The van der Waals surface area contributed by atoms with Crippen molar-refractivity contribution in [3.8, 4) is 0 Å². The van der Waals surface area contributed by atoms with E-state index in [1.54, 1.807) is 14.1 Å². The van der Waals surface area contributed by atoms with Crippen LogP contribution in [0.15, 0.2) is 10.4 Å². The summed E-state index contributed by atoms with van der Waals surface area (Å²) >= 11 is -1.13. The van der Waals surface area contributed by atoms with Gasteiger partial charge in [0.25, 0.3) is 5.91 Å². The number of hydrogen-bond donors (Lipinski definition) is 1. The molecule has 0 aliphatic rings. The van der Waals surface area contributed by atoms with E-state index in [0.717, 1.165) is 11.3 Å². The molecule has 1 aromatic rings. The fraction of sp³-hybridized carbons (Fsp3) is 0.333. The van der Waals surface area contributed by atoms with Crippen LogP contribution in [-0.2, 0) is 11.1 Å². The number of carbonyl (C=O) groups excluding carboxylic acids is 1. The Hall–Kier alpha value is -0.790. The highest BCUT2D eigenvalue weighted by atomic mass is 32.2. The van der Waals surface area contributed by atoms with Gasteiger partial charge in [-0.3, -0.25) is 4.79 Å². The summed E-state index contributed by atoms with van der Waals surface area (Å²) < 4.78 is 19.4. The molecule has 0 saturated heterocycles. The Bertz CT molecular complexity index is 347. The third-order valence-corrected chi connectivity index (χ3v) is 3.15. The van der Waals surface area contributed by atoms with Gasteiger partial charge in [-0.1, -0.05) is 11.3 Å². The van der Waals surface area contributed by atoms with Crippen molar-refractivity contribution < 1.29 is 13.6 Å². The van der Waals surface area contributed by atoms with E-state index in [1.807, 2.05) is 0 Å². The molecule has 1 N–H and O–H groups in total. The maximum absolute atomic E-state index is 11.3. The van der Waals surface area contributed by atoms with Crippen LogP contribution in [0.2, 0.25) is 0 Å². The SMILES string of the molecule is CN(C)C(=O)c1ncc(S(=O)O)s1. The van der Waals surface area contributed by atoms with Crippen LogP contribution in [0.25, 0.3) is 0 Å². The van der Waals surface area contributed by atoms with E-state index in [0.29, 0.717) is 0 Å². The van der Waals surface area contributed by atoms with E-state index in [-0.39, 0.29) is 15.1 Å². The van der Waals surface area contributed by atoms with E-state index in [1.165, 1.54) is 11.1 Å². The number of nitrogens with zero attached hydrogens (tertiary/aromatic N) is 2. The molecule has 1 aromatic heterocycles. The fourth-order valence-corrected chi connectivity index (χ4v) is 1.97. The zero-order chi connectivity index (χ0) is 10.0. The number of aromatic nitrogens is 1. The number of rotatable bonds is 2. The van der Waals surface area contributed by atoms with Gasteiger partial charge >= 0.3 is 0 Å². The van der Waals surface area contributed by atoms with Crippen molar-refractivity contribution in [2.45, 2.75) is 4.21 Å². The minimum atomic E-state index is -2.05. The van der Waals surface area contributed by atoms with Crippen LogP contribution in [0.5, 0.6) is 0 Å². The Kier molecular flexibility index (Phi) is 3.12. The third kappa shape index (κ3) is 2.33. The van der Waals surface area contributed by atoms with Gasteiger partial charge < -0.3 is 9.45 Å². The van der Waals surface area contributed by atoms with Gasteiger partial charge in [0.2, 0.25) is 0 Å². The zero-order valence-electron chi connectivity index (χ0n) is 7.05. The second kappa shape index (κ2) is 3.95. The summed E-state index contributed by atoms with van der Waals surface area (Å²) in [6.07, 6.45) is 1.23. The number of amides is 1. The van der Waals surface area contributed by atoms with Crippen LogP contribution in [0.4, 0.5) is 0 Å². The van der Waals surface area contributed by atoms with Crippen LogP contribution in [0.3, 0.4) is 0 Å². The van der Waals surface area contributed by atoms with Gasteiger partial charge in [0.1, 0.15) is 4.21 Å². The lowest BCUT2D eigenvalue weighted by Gasteiger charge is -2.05. The molecule has 1 unspecified atom stereocenters. The van der Waals surface area contributed by atoms with E-state index in [4.69, 9.17) is 4.55 Å². The lowest BCUT2D eigenvalue weighted by atomic mass is 10.6. The minimum Gasteiger partial charge on any atom is -0.343 e. The Morgan fingerprint density at radius 2 is 2.31 bits per heavy atom. The molecule has 1 rings (SSSR count). The Balaban J connectivity index is 2.92. The first kappa shape index (κ1) is 10.3. The molecule has 0 saturated carbocycles. The Labute approximate surface area is 81.7 Å². The van der Waals surface area contributed by atoms with E-state index in [9.17, 15) is 9.00 Å². The van der Waals surface area contributed by atoms with Gasteiger partial charge in [-0.05, 0) is 0 Å². The summed E-state index contributed by atoms with van der Waals surface area (Å²) in [5.41, 5.74) is 0. The maximum Gasteiger partial charge on any atom is 0.282 e. The molecule has 0 radical (unpaired) electrons. The number of carbonyl (C=O) groups is 1. The van der Waals surface area contributed by atoms with Crippen molar-refractivity contribution in [2.75, 3.05) is 14.1 Å². The van der Waals surface area contributed by atoms with E-state index >= 15 is 0 Å².